The number of hydrogen-bond acceptors (Lipinski definition) is 6. The van der Waals surface area contributed by atoms with Crippen LogP contribution in [0.1, 0.15) is 6.42 Å². The fourth-order valence-corrected chi connectivity index (χ4v) is 2.31. The third kappa shape index (κ3) is 4.35. The van der Waals surface area contributed by atoms with E-state index in [1.54, 1.807) is 24.3 Å². The number of aliphatic carboxylic acids is 2. The number of amides is 1. The van der Waals surface area contributed by atoms with Crippen LogP contribution in [0.4, 0.5) is 10.5 Å². The van der Waals surface area contributed by atoms with Crippen molar-refractivity contribution in [2.45, 2.75) is 12.0 Å². The van der Waals surface area contributed by atoms with Crippen LogP contribution >= 0.6 is 0 Å². The van der Waals surface area contributed by atoms with Gasteiger partial charge in [-0.2, -0.15) is 0 Å². The molecule has 9 heteroatoms. The average molecular weight is 338 g/mol. The van der Waals surface area contributed by atoms with Gasteiger partial charge in [-0.1, -0.05) is 0 Å². The maximum atomic E-state index is 11.8. The lowest BCUT2D eigenvalue weighted by Crippen LogP contribution is -2.43. The molecule has 1 aromatic rings. The van der Waals surface area contributed by atoms with Crippen LogP contribution in [0.3, 0.4) is 0 Å². The first-order valence-electron chi connectivity index (χ1n) is 7.14. The second kappa shape index (κ2) is 7.18. The maximum Gasteiger partial charge on any atom is 0.411 e. The molecular weight excluding hydrogens is 320 g/mol. The molecule has 1 aliphatic carbocycles. The molecule has 0 aromatic heterocycles. The van der Waals surface area contributed by atoms with E-state index in [-0.39, 0.29) is 13.0 Å². The molecule has 2 unspecified atom stereocenters. The molecule has 1 aromatic carbocycles. The highest BCUT2D eigenvalue weighted by Crippen LogP contribution is 2.43. The molecule has 0 spiro atoms. The second-order valence-corrected chi connectivity index (χ2v) is 5.43. The van der Waals surface area contributed by atoms with Crippen molar-refractivity contribution < 1.29 is 34.1 Å². The van der Waals surface area contributed by atoms with Gasteiger partial charge in [0.25, 0.3) is 0 Å². The van der Waals surface area contributed by atoms with E-state index in [0.29, 0.717) is 11.4 Å². The van der Waals surface area contributed by atoms with Gasteiger partial charge in [0.05, 0.1) is 25.1 Å². The number of hydrogen-bond donors (Lipinski definition) is 4. The number of rotatable bonds is 8. The lowest BCUT2D eigenvalue weighted by Gasteiger charge is -2.17. The SMILES string of the molecule is COc1ccc(NC(=O)OCC2(NCC(=O)O)CC2C(=O)O)cc1. The molecule has 130 valence electrons. The Bertz CT molecular complexity index is 631. The number of benzene rings is 1. The molecule has 0 heterocycles. The molecule has 9 nitrogen and oxygen atoms in total. The lowest BCUT2D eigenvalue weighted by atomic mass is 10.2. The van der Waals surface area contributed by atoms with Crippen molar-refractivity contribution in [3.05, 3.63) is 24.3 Å². The zero-order valence-electron chi connectivity index (χ0n) is 12.9. The van der Waals surface area contributed by atoms with Gasteiger partial charge in [0.1, 0.15) is 12.4 Å². The number of anilines is 1. The van der Waals surface area contributed by atoms with Crippen molar-refractivity contribution in [1.82, 2.24) is 5.32 Å². The third-order valence-electron chi connectivity index (χ3n) is 3.76. The van der Waals surface area contributed by atoms with Crippen LogP contribution in [0.5, 0.6) is 5.75 Å². The minimum absolute atomic E-state index is 0.200. The predicted octanol–water partition coefficient (Wildman–Crippen LogP) is 0.761. The number of methoxy groups -OCH3 is 1. The van der Waals surface area contributed by atoms with Gasteiger partial charge in [-0.05, 0) is 30.7 Å². The van der Waals surface area contributed by atoms with Crippen molar-refractivity contribution in [3.63, 3.8) is 0 Å². The van der Waals surface area contributed by atoms with Crippen molar-refractivity contribution in [3.8, 4) is 5.75 Å². The van der Waals surface area contributed by atoms with E-state index in [1.165, 1.54) is 7.11 Å². The Morgan fingerprint density at radius 1 is 1.25 bits per heavy atom. The Hall–Kier alpha value is -2.81. The molecule has 24 heavy (non-hydrogen) atoms. The molecule has 0 bridgehead atoms. The summed E-state index contributed by atoms with van der Waals surface area (Å²) in [5.74, 6) is -2.33. The highest BCUT2D eigenvalue weighted by atomic mass is 16.5. The summed E-state index contributed by atoms with van der Waals surface area (Å²) in [7, 11) is 1.52. The van der Waals surface area contributed by atoms with Gasteiger partial charge in [-0.15, -0.1) is 0 Å². The summed E-state index contributed by atoms with van der Waals surface area (Å²) in [6.07, 6.45) is -0.557. The first kappa shape index (κ1) is 17.5. The molecule has 0 saturated heterocycles. The summed E-state index contributed by atoms with van der Waals surface area (Å²) in [5.41, 5.74) is -0.555. The third-order valence-corrected chi connectivity index (χ3v) is 3.76. The van der Waals surface area contributed by atoms with Crippen LogP contribution in [0.15, 0.2) is 24.3 Å². The molecule has 0 aliphatic heterocycles. The molecule has 4 N–H and O–H groups in total. The number of ether oxygens (including phenoxy) is 2. The van der Waals surface area contributed by atoms with Gasteiger partial charge in [0, 0.05) is 5.69 Å². The Balaban J connectivity index is 1.88. The molecular formula is C15H18N2O7. The van der Waals surface area contributed by atoms with E-state index in [0.717, 1.165) is 0 Å². The predicted molar refractivity (Wildman–Crippen MR) is 82.1 cm³/mol. The fraction of sp³-hybridized carbons (Fsp3) is 0.400. The van der Waals surface area contributed by atoms with Crippen LogP contribution in [-0.4, -0.2) is 54.0 Å². The van der Waals surface area contributed by atoms with E-state index in [4.69, 9.17) is 19.7 Å². The highest BCUT2D eigenvalue weighted by Gasteiger charge is 2.59. The van der Waals surface area contributed by atoms with E-state index in [9.17, 15) is 14.4 Å². The molecule has 1 amide bonds. The maximum absolute atomic E-state index is 11.8. The zero-order chi connectivity index (χ0) is 17.7. The zero-order valence-corrected chi connectivity index (χ0v) is 12.9. The van der Waals surface area contributed by atoms with Gasteiger partial charge >= 0.3 is 18.0 Å². The van der Waals surface area contributed by atoms with Crippen molar-refractivity contribution in [1.29, 1.82) is 0 Å². The van der Waals surface area contributed by atoms with Gasteiger partial charge in [0.2, 0.25) is 0 Å². The number of carbonyl (C=O) groups excluding carboxylic acids is 1. The van der Waals surface area contributed by atoms with Gasteiger partial charge in [-0.3, -0.25) is 20.2 Å². The van der Waals surface area contributed by atoms with Crippen molar-refractivity contribution >= 4 is 23.7 Å². The minimum Gasteiger partial charge on any atom is -0.497 e. The number of carbonyl (C=O) groups is 3. The second-order valence-electron chi connectivity index (χ2n) is 5.43. The number of nitrogens with one attached hydrogen (secondary N) is 2. The summed E-state index contributed by atoms with van der Waals surface area (Å²) in [6.45, 7) is -0.646. The van der Waals surface area contributed by atoms with Gasteiger partial charge in [0.15, 0.2) is 0 Å². The van der Waals surface area contributed by atoms with Crippen molar-refractivity contribution in [2.24, 2.45) is 5.92 Å². The molecule has 1 saturated carbocycles. The lowest BCUT2D eigenvalue weighted by molar-refractivity contribution is -0.140. The van der Waals surface area contributed by atoms with E-state index in [2.05, 4.69) is 10.6 Å². The molecule has 1 fully saturated rings. The minimum atomic E-state index is -1.12. The van der Waals surface area contributed by atoms with E-state index in [1.807, 2.05) is 0 Å². The first-order valence-corrected chi connectivity index (χ1v) is 7.14. The average Bonchev–Trinajstić information content (AvgIpc) is 3.27. The standard InChI is InChI=1S/C15H18N2O7/c1-23-10-4-2-9(3-5-10)17-14(22)24-8-15(16-7-12(18)19)6-11(15)13(20)21/h2-5,11,16H,6-8H2,1H3,(H,17,22)(H,18,19)(H,20,21). The monoisotopic (exact) mass is 338 g/mol. The van der Waals surface area contributed by atoms with Gasteiger partial charge in [-0.25, -0.2) is 4.79 Å². The van der Waals surface area contributed by atoms with Gasteiger partial charge < -0.3 is 19.7 Å². The normalized spacial score (nSPS) is 21.6. The van der Waals surface area contributed by atoms with Crippen LogP contribution in [-0.2, 0) is 14.3 Å². The van der Waals surface area contributed by atoms with Crippen LogP contribution < -0.4 is 15.4 Å². The summed E-state index contributed by atoms with van der Waals surface area (Å²) in [6, 6.07) is 6.56. The number of carboxylic acids is 2. The molecule has 1 aliphatic rings. The number of carboxylic acid groups (broad SMARTS) is 2. The smallest absolute Gasteiger partial charge is 0.411 e. The summed E-state index contributed by atoms with van der Waals surface area (Å²) < 4.78 is 10.0. The largest absolute Gasteiger partial charge is 0.497 e. The summed E-state index contributed by atoms with van der Waals surface area (Å²) >= 11 is 0. The Morgan fingerprint density at radius 3 is 2.42 bits per heavy atom. The topological polar surface area (TPSA) is 134 Å². The Labute approximate surface area is 137 Å². The Kier molecular flexibility index (Phi) is 5.24. The Morgan fingerprint density at radius 2 is 1.92 bits per heavy atom. The quantitative estimate of drug-likeness (QED) is 0.546. The fourth-order valence-electron chi connectivity index (χ4n) is 2.31. The molecule has 0 radical (unpaired) electrons. The van der Waals surface area contributed by atoms with Crippen molar-refractivity contribution in [2.75, 3.05) is 25.6 Å². The molecule has 2 atom stereocenters. The highest BCUT2D eigenvalue weighted by molar-refractivity contribution is 5.85. The summed E-state index contributed by atoms with van der Waals surface area (Å²) in [4.78, 5) is 33.5. The summed E-state index contributed by atoms with van der Waals surface area (Å²) in [5, 5.41) is 22.9. The van der Waals surface area contributed by atoms with Crippen LogP contribution in [0.2, 0.25) is 0 Å². The van der Waals surface area contributed by atoms with E-state index < -0.39 is 36.0 Å². The van der Waals surface area contributed by atoms with E-state index >= 15 is 0 Å². The van der Waals surface area contributed by atoms with Crippen LogP contribution in [0, 0.1) is 5.92 Å². The first-order chi connectivity index (χ1) is 11.4. The molecule has 2 rings (SSSR count). The van der Waals surface area contributed by atoms with Crippen LogP contribution in [0.25, 0.3) is 0 Å².